The second kappa shape index (κ2) is 9.19. The number of esters is 1. The summed E-state index contributed by atoms with van der Waals surface area (Å²) in [6.45, 7) is -1.03. The summed E-state index contributed by atoms with van der Waals surface area (Å²) in [4.78, 5) is 45.9. The van der Waals surface area contributed by atoms with E-state index in [0.29, 0.717) is 17.6 Å². The van der Waals surface area contributed by atoms with Crippen molar-refractivity contribution < 1.29 is 28.7 Å². The Bertz CT molecular complexity index is 568. The van der Waals surface area contributed by atoms with Crippen LogP contribution in [0.4, 0.5) is 0 Å². The van der Waals surface area contributed by atoms with Gasteiger partial charge in [-0.1, -0.05) is 0 Å². The molecule has 0 unspecified atom stereocenters. The summed E-state index contributed by atoms with van der Waals surface area (Å²) in [5.41, 5.74) is 0.490. The average molecular weight is 322 g/mol. The predicted molar refractivity (Wildman–Crippen MR) is 80.0 cm³/mol. The van der Waals surface area contributed by atoms with E-state index < -0.39 is 18.5 Å². The molecule has 0 saturated carbocycles. The number of hydrogen-bond acceptors (Lipinski definition) is 6. The number of ether oxygens (including phenoxy) is 2. The summed E-state index contributed by atoms with van der Waals surface area (Å²) in [6.07, 6.45) is 0.692. The molecular formula is C15H18N2O6. The highest BCUT2D eigenvalue weighted by molar-refractivity contribution is 5.86. The molecule has 0 heterocycles. The molecule has 1 aromatic rings. The molecule has 8 nitrogen and oxygen atoms in total. The smallest absolute Gasteiger partial charge is 0.344 e. The van der Waals surface area contributed by atoms with Crippen LogP contribution >= 0.6 is 0 Å². The van der Waals surface area contributed by atoms with Gasteiger partial charge in [0, 0.05) is 19.7 Å². The van der Waals surface area contributed by atoms with E-state index in [9.17, 15) is 19.2 Å². The van der Waals surface area contributed by atoms with E-state index in [1.807, 2.05) is 0 Å². The van der Waals surface area contributed by atoms with Gasteiger partial charge in [0.15, 0.2) is 13.2 Å². The molecule has 23 heavy (non-hydrogen) atoms. The fraction of sp³-hybridized carbons (Fsp3) is 0.333. The van der Waals surface area contributed by atoms with Gasteiger partial charge in [-0.3, -0.25) is 14.4 Å². The van der Waals surface area contributed by atoms with Crippen LogP contribution in [0.2, 0.25) is 0 Å². The maximum absolute atomic E-state index is 11.4. The molecule has 0 aliphatic heterocycles. The van der Waals surface area contributed by atoms with E-state index in [1.165, 1.54) is 17.0 Å². The van der Waals surface area contributed by atoms with Crippen LogP contribution in [0.1, 0.15) is 10.4 Å². The topological polar surface area (TPSA) is 102 Å². The zero-order chi connectivity index (χ0) is 17.2. The summed E-state index contributed by atoms with van der Waals surface area (Å²) in [7, 11) is 3.13. The van der Waals surface area contributed by atoms with Crippen molar-refractivity contribution in [1.29, 1.82) is 0 Å². The summed E-state index contributed by atoms with van der Waals surface area (Å²) in [5.74, 6) is -1.18. The van der Waals surface area contributed by atoms with Crippen LogP contribution < -0.4 is 10.1 Å². The lowest BCUT2D eigenvalue weighted by atomic mass is 10.2. The minimum absolute atomic E-state index is 0.164. The second-order valence-electron chi connectivity index (χ2n) is 4.70. The molecule has 0 aliphatic carbocycles. The molecule has 0 spiro atoms. The maximum atomic E-state index is 11.4. The number of aldehydes is 1. The Morgan fingerprint density at radius 2 is 1.78 bits per heavy atom. The van der Waals surface area contributed by atoms with E-state index in [1.54, 1.807) is 26.2 Å². The van der Waals surface area contributed by atoms with E-state index in [4.69, 9.17) is 9.47 Å². The number of nitrogens with zero attached hydrogens (tertiary/aromatic N) is 1. The lowest BCUT2D eigenvalue weighted by Crippen LogP contribution is -2.38. The van der Waals surface area contributed by atoms with Crippen LogP contribution in [0.15, 0.2) is 24.3 Å². The minimum atomic E-state index is -0.724. The highest BCUT2D eigenvalue weighted by atomic mass is 16.6. The fourth-order valence-electron chi connectivity index (χ4n) is 1.36. The van der Waals surface area contributed by atoms with Crippen LogP contribution in [0.25, 0.3) is 0 Å². The molecule has 1 rings (SSSR count). The summed E-state index contributed by atoms with van der Waals surface area (Å²) in [5, 5.41) is 2.32. The number of amides is 2. The van der Waals surface area contributed by atoms with Gasteiger partial charge in [0.1, 0.15) is 12.0 Å². The van der Waals surface area contributed by atoms with E-state index in [0.717, 1.165) is 0 Å². The highest BCUT2D eigenvalue weighted by Crippen LogP contribution is 2.10. The standard InChI is InChI=1S/C15H18N2O6/c1-17(2)14(20)7-16-13(19)9-23-15(21)10-22-12-5-3-11(8-18)4-6-12/h3-6,8H,7,9-10H2,1-2H3,(H,16,19). The third-order valence-electron chi connectivity index (χ3n) is 2.67. The molecule has 124 valence electrons. The van der Waals surface area contributed by atoms with Gasteiger partial charge in [-0.25, -0.2) is 4.79 Å². The van der Waals surface area contributed by atoms with Crippen LogP contribution in [-0.2, 0) is 19.1 Å². The number of nitrogens with one attached hydrogen (secondary N) is 1. The Labute approximate surface area is 133 Å². The first-order chi connectivity index (χ1) is 10.9. The number of likely N-dealkylation sites (N-methyl/N-ethyl adjacent to an activating group) is 1. The van der Waals surface area contributed by atoms with Gasteiger partial charge in [0.2, 0.25) is 5.91 Å². The SMILES string of the molecule is CN(C)C(=O)CNC(=O)COC(=O)COc1ccc(C=O)cc1. The molecule has 8 heteroatoms. The normalized spacial score (nSPS) is 9.65. The van der Waals surface area contributed by atoms with E-state index in [-0.39, 0.29) is 19.1 Å². The van der Waals surface area contributed by atoms with Crippen molar-refractivity contribution in [1.82, 2.24) is 10.2 Å². The maximum Gasteiger partial charge on any atom is 0.344 e. The molecule has 2 amide bonds. The van der Waals surface area contributed by atoms with Crippen molar-refractivity contribution in [2.24, 2.45) is 0 Å². The number of carbonyl (C=O) groups excluding carboxylic acids is 4. The average Bonchev–Trinajstić information content (AvgIpc) is 2.56. The summed E-state index contributed by atoms with van der Waals surface area (Å²) < 4.78 is 9.85. The van der Waals surface area contributed by atoms with Gasteiger partial charge >= 0.3 is 5.97 Å². The third-order valence-corrected chi connectivity index (χ3v) is 2.67. The largest absolute Gasteiger partial charge is 0.482 e. The van der Waals surface area contributed by atoms with E-state index >= 15 is 0 Å². The minimum Gasteiger partial charge on any atom is -0.482 e. The Morgan fingerprint density at radius 3 is 2.35 bits per heavy atom. The van der Waals surface area contributed by atoms with Gasteiger partial charge in [0.05, 0.1) is 6.54 Å². The Kier molecular flexibility index (Phi) is 7.25. The van der Waals surface area contributed by atoms with Gasteiger partial charge < -0.3 is 19.7 Å². The molecule has 0 atom stereocenters. The van der Waals surface area contributed by atoms with Crippen molar-refractivity contribution >= 4 is 24.1 Å². The quantitative estimate of drug-likeness (QED) is 0.517. The molecule has 0 fully saturated rings. The van der Waals surface area contributed by atoms with Crippen LogP contribution in [0.5, 0.6) is 5.75 Å². The van der Waals surface area contributed by atoms with Crippen molar-refractivity contribution in [3.8, 4) is 5.75 Å². The molecule has 1 N–H and O–H groups in total. The first-order valence-electron chi connectivity index (χ1n) is 6.73. The van der Waals surface area contributed by atoms with Crippen molar-refractivity contribution in [3.63, 3.8) is 0 Å². The first-order valence-corrected chi connectivity index (χ1v) is 6.73. The Balaban J connectivity index is 2.24. The Hall–Kier alpha value is -2.90. The van der Waals surface area contributed by atoms with Crippen LogP contribution in [-0.4, -0.2) is 62.8 Å². The molecule has 0 aromatic heterocycles. The molecule has 0 radical (unpaired) electrons. The van der Waals surface area contributed by atoms with Crippen LogP contribution in [0.3, 0.4) is 0 Å². The van der Waals surface area contributed by atoms with Gasteiger partial charge in [-0.05, 0) is 24.3 Å². The lowest BCUT2D eigenvalue weighted by Gasteiger charge is -2.11. The monoisotopic (exact) mass is 322 g/mol. The number of benzene rings is 1. The molecule has 0 aliphatic rings. The second-order valence-corrected chi connectivity index (χ2v) is 4.70. The zero-order valence-electron chi connectivity index (χ0n) is 12.9. The Morgan fingerprint density at radius 1 is 1.13 bits per heavy atom. The third kappa shape index (κ3) is 7.07. The molecule has 0 bridgehead atoms. The van der Waals surface area contributed by atoms with Gasteiger partial charge in [0.25, 0.3) is 5.91 Å². The summed E-state index contributed by atoms with van der Waals surface area (Å²) >= 11 is 0. The van der Waals surface area contributed by atoms with Gasteiger partial charge in [-0.15, -0.1) is 0 Å². The summed E-state index contributed by atoms with van der Waals surface area (Å²) in [6, 6.07) is 6.17. The molecule has 1 aromatic carbocycles. The first kappa shape index (κ1) is 18.1. The highest BCUT2D eigenvalue weighted by Gasteiger charge is 2.10. The van der Waals surface area contributed by atoms with Crippen molar-refractivity contribution in [3.05, 3.63) is 29.8 Å². The van der Waals surface area contributed by atoms with Gasteiger partial charge in [-0.2, -0.15) is 0 Å². The number of rotatable bonds is 8. The number of hydrogen-bond donors (Lipinski definition) is 1. The fourth-order valence-corrected chi connectivity index (χ4v) is 1.36. The number of carbonyl (C=O) groups is 4. The molecule has 0 saturated heterocycles. The molecular weight excluding hydrogens is 304 g/mol. The van der Waals surface area contributed by atoms with Crippen LogP contribution in [0, 0.1) is 0 Å². The van der Waals surface area contributed by atoms with Crippen molar-refractivity contribution in [2.45, 2.75) is 0 Å². The predicted octanol–water partition coefficient (Wildman–Crippen LogP) is -0.374. The van der Waals surface area contributed by atoms with Crippen molar-refractivity contribution in [2.75, 3.05) is 33.9 Å². The van der Waals surface area contributed by atoms with E-state index in [2.05, 4.69) is 5.32 Å². The zero-order valence-corrected chi connectivity index (χ0v) is 12.9. The lowest BCUT2D eigenvalue weighted by molar-refractivity contribution is -0.150.